The molecule has 0 saturated carbocycles. The molecule has 2 aliphatic heterocycles. The topological polar surface area (TPSA) is 77.6 Å². The lowest BCUT2D eigenvalue weighted by atomic mass is 9.96. The van der Waals surface area contributed by atoms with Gasteiger partial charge in [0.2, 0.25) is 0 Å². The molecule has 0 spiro atoms. The van der Waals surface area contributed by atoms with E-state index in [4.69, 9.17) is 10.5 Å². The van der Waals surface area contributed by atoms with Crippen LogP contribution in [0.2, 0.25) is 0 Å². The van der Waals surface area contributed by atoms with Crippen LogP contribution in [0, 0.1) is 6.92 Å². The Labute approximate surface area is 152 Å². The summed E-state index contributed by atoms with van der Waals surface area (Å²) >= 11 is 0. The zero-order valence-electron chi connectivity index (χ0n) is 15.0. The summed E-state index contributed by atoms with van der Waals surface area (Å²) in [6.07, 6.45) is 4.40. The zero-order chi connectivity index (χ0) is 18.4. The molecule has 0 radical (unpaired) electrons. The van der Waals surface area contributed by atoms with E-state index in [1.54, 1.807) is 38.4 Å². The van der Waals surface area contributed by atoms with Crippen molar-refractivity contribution in [2.45, 2.75) is 44.3 Å². The summed E-state index contributed by atoms with van der Waals surface area (Å²) in [5.74, 6) is 0.386. The molecule has 6 nitrogen and oxygen atoms in total. The normalized spacial score (nSPS) is 24.1. The zero-order valence-corrected chi connectivity index (χ0v) is 15.0. The Morgan fingerprint density at radius 3 is 2.65 bits per heavy atom. The monoisotopic (exact) mass is 353 g/mol. The van der Waals surface area contributed by atoms with Crippen molar-refractivity contribution in [1.82, 2.24) is 9.47 Å². The summed E-state index contributed by atoms with van der Waals surface area (Å²) < 4.78 is 6.85. The summed E-state index contributed by atoms with van der Waals surface area (Å²) in [5, 5.41) is 0. The SMILES string of the molecule is COc1ccccc1-n1ccc(C)c(C(=O)N2[C@@H]3CC[C@H]2[C@H](N)C3)c1=O. The number of hydrogen-bond donors (Lipinski definition) is 1. The number of methoxy groups -OCH3 is 1. The number of ether oxygens (including phenoxy) is 1. The van der Waals surface area contributed by atoms with Crippen molar-refractivity contribution in [3.05, 3.63) is 58.0 Å². The number of aromatic nitrogens is 1. The van der Waals surface area contributed by atoms with Gasteiger partial charge in [0.1, 0.15) is 11.3 Å². The number of benzene rings is 1. The van der Waals surface area contributed by atoms with E-state index >= 15 is 0 Å². The van der Waals surface area contributed by atoms with Gasteiger partial charge in [0.15, 0.2) is 0 Å². The van der Waals surface area contributed by atoms with E-state index in [1.807, 2.05) is 17.0 Å². The van der Waals surface area contributed by atoms with Crippen LogP contribution in [0.25, 0.3) is 5.69 Å². The second-order valence-corrected chi connectivity index (χ2v) is 7.13. The van der Waals surface area contributed by atoms with Crippen molar-refractivity contribution >= 4 is 5.91 Å². The van der Waals surface area contributed by atoms with Crippen LogP contribution < -0.4 is 16.0 Å². The largest absolute Gasteiger partial charge is 0.495 e. The number of hydrogen-bond acceptors (Lipinski definition) is 4. The summed E-state index contributed by atoms with van der Waals surface area (Å²) in [5.41, 5.74) is 7.38. The third kappa shape index (κ3) is 2.44. The maximum Gasteiger partial charge on any atom is 0.268 e. The molecule has 1 amide bonds. The highest BCUT2D eigenvalue weighted by Crippen LogP contribution is 2.37. The molecule has 1 aromatic heterocycles. The lowest BCUT2D eigenvalue weighted by molar-refractivity contribution is 0.0723. The van der Waals surface area contributed by atoms with Crippen molar-refractivity contribution in [3.63, 3.8) is 0 Å². The number of carbonyl (C=O) groups is 1. The molecule has 0 aliphatic carbocycles. The predicted molar refractivity (Wildman–Crippen MR) is 98.9 cm³/mol. The van der Waals surface area contributed by atoms with Gasteiger partial charge in [-0.2, -0.15) is 0 Å². The molecule has 2 fully saturated rings. The van der Waals surface area contributed by atoms with Crippen LogP contribution >= 0.6 is 0 Å². The number of amides is 1. The van der Waals surface area contributed by atoms with Crippen molar-refractivity contribution < 1.29 is 9.53 Å². The van der Waals surface area contributed by atoms with E-state index in [0.717, 1.165) is 19.3 Å². The second-order valence-electron chi connectivity index (χ2n) is 7.13. The van der Waals surface area contributed by atoms with E-state index in [0.29, 0.717) is 17.0 Å². The number of nitrogens with zero attached hydrogens (tertiary/aromatic N) is 2. The lowest BCUT2D eigenvalue weighted by Gasteiger charge is -2.24. The van der Waals surface area contributed by atoms with Gasteiger partial charge < -0.3 is 15.4 Å². The molecule has 2 N–H and O–H groups in total. The quantitative estimate of drug-likeness (QED) is 0.914. The molecule has 2 aromatic rings. The van der Waals surface area contributed by atoms with Crippen molar-refractivity contribution in [2.24, 2.45) is 5.73 Å². The third-order valence-corrected chi connectivity index (χ3v) is 5.68. The lowest BCUT2D eigenvalue weighted by Crippen LogP contribution is -2.43. The van der Waals surface area contributed by atoms with Crippen molar-refractivity contribution in [3.8, 4) is 11.4 Å². The molecule has 6 heteroatoms. The van der Waals surface area contributed by atoms with E-state index in [9.17, 15) is 9.59 Å². The summed E-state index contributed by atoms with van der Waals surface area (Å²) in [6.45, 7) is 1.80. The van der Waals surface area contributed by atoms with Gasteiger partial charge in [-0.05, 0) is 49.9 Å². The number of para-hydroxylation sites is 2. The summed E-state index contributed by atoms with van der Waals surface area (Å²) in [6, 6.07) is 9.30. The molecule has 2 saturated heterocycles. The summed E-state index contributed by atoms with van der Waals surface area (Å²) in [7, 11) is 1.56. The molecule has 0 unspecified atom stereocenters. The van der Waals surface area contributed by atoms with E-state index in [1.165, 1.54) is 4.57 Å². The first kappa shape index (κ1) is 16.8. The van der Waals surface area contributed by atoms with E-state index < -0.39 is 0 Å². The van der Waals surface area contributed by atoms with E-state index in [-0.39, 0.29) is 35.2 Å². The Kier molecular flexibility index (Phi) is 4.07. The number of aryl methyl sites for hydroxylation is 1. The van der Waals surface area contributed by atoms with Crippen LogP contribution in [0.4, 0.5) is 0 Å². The second kappa shape index (κ2) is 6.29. The molecule has 2 bridgehead atoms. The van der Waals surface area contributed by atoms with Crippen LogP contribution in [0.1, 0.15) is 35.2 Å². The number of pyridine rings is 1. The highest BCUT2D eigenvalue weighted by Gasteiger charge is 2.47. The van der Waals surface area contributed by atoms with Gasteiger partial charge in [0, 0.05) is 24.3 Å². The fourth-order valence-electron chi connectivity index (χ4n) is 4.39. The first-order valence-electron chi connectivity index (χ1n) is 8.97. The van der Waals surface area contributed by atoms with Gasteiger partial charge in [-0.1, -0.05) is 12.1 Å². The Hall–Kier alpha value is -2.60. The highest BCUT2D eigenvalue weighted by molar-refractivity contribution is 5.96. The number of fused-ring (bicyclic) bond motifs is 2. The fourth-order valence-corrected chi connectivity index (χ4v) is 4.39. The molecular formula is C20H23N3O3. The van der Waals surface area contributed by atoms with Crippen molar-refractivity contribution in [2.75, 3.05) is 7.11 Å². The minimum absolute atomic E-state index is 0.0122. The minimum atomic E-state index is -0.320. The maximum absolute atomic E-state index is 13.3. The van der Waals surface area contributed by atoms with Crippen LogP contribution in [-0.2, 0) is 0 Å². The van der Waals surface area contributed by atoms with Gasteiger partial charge in [-0.25, -0.2) is 0 Å². The molecular weight excluding hydrogens is 330 g/mol. The Bertz CT molecular complexity index is 921. The maximum atomic E-state index is 13.3. The van der Waals surface area contributed by atoms with Gasteiger partial charge in [-0.15, -0.1) is 0 Å². The predicted octanol–water partition coefficient (Wildman–Crippen LogP) is 1.86. The molecule has 1 aromatic carbocycles. The minimum Gasteiger partial charge on any atom is -0.495 e. The van der Waals surface area contributed by atoms with Crippen LogP contribution in [0.5, 0.6) is 5.75 Å². The highest BCUT2D eigenvalue weighted by atomic mass is 16.5. The van der Waals surface area contributed by atoms with Gasteiger partial charge >= 0.3 is 0 Å². The number of nitrogens with two attached hydrogens (primary N) is 1. The first-order valence-corrected chi connectivity index (χ1v) is 8.97. The van der Waals surface area contributed by atoms with Crippen LogP contribution in [0.15, 0.2) is 41.3 Å². The molecule has 2 aliphatic rings. The van der Waals surface area contributed by atoms with Crippen LogP contribution in [-0.4, -0.2) is 40.6 Å². The van der Waals surface area contributed by atoms with Gasteiger partial charge in [-0.3, -0.25) is 14.2 Å². The average Bonchev–Trinajstić information content (AvgIpc) is 3.18. The molecule has 3 heterocycles. The van der Waals surface area contributed by atoms with Crippen LogP contribution in [0.3, 0.4) is 0 Å². The Balaban J connectivity index is 1.81. The smallest absolute Gasteiger partial charge is 0.268 e. The molecule has 136 valence electrons. The Morgan fingerprint density at radius 2 is 2.00 bits per heavy atom. The Morgan fingerprint density at radius 1 is 1.23 bits per heavy atom. The molecule has 26 heavy (non-hydrogen) atoms. The third-order valence-electron chi connectivity index (χ3n) is 5.68. The first-order chi connectivity index (χ1) is 12.5. The number of rotatable bonds is 3. The molecule has 3 atom stereocenters. The molecule has 4 rings (SSSR count). The average molecular weight is 353 g/mol. The van der Waals surface area contributed by atoms with Gasteiger partial charge in [0.25, 0.3) is 11.5 Å². The van der Waals surface area contributed by atoms with E-state index in [2.05, 4.69) is 0 Å². The number of carbonyl (C=O) groups excluding carboxylic acids is 1. The van der Waals surface area contributed by atoms with Crippen molar-refractivity contribution in [1.29, 1.82) is 0 Å². The fraction of sp³-hybridized carbons (Fsp3) is 0.400. The summed E-state index contributed by atoms with van der Waals surface area (Å²) in [4.78, 5) is 28.3. The van der Waals surface area contributed by atoms with Gasteiger partial charge in [0.05, 0.1) is 12.8 Å². The standard InChI is InChI=1S/C20H23N3O3/c1-12-9-10-22(16-5-3-4-6-17(16)26-2)19(24)18(12)20(25)23-13-7-8-15(23)14(21)11-13/h3-6,9-10,13-15H,7-8,11,21H2,1-2H3/t13-,14-,15+/m1/s1.